The third-order valence-electron chi connectivity index (χ3n) is 7.11. The van der Waals surface area contributed by atoms with Gasteiger partial charge in [0, 0.05) is 29.0 Å². The Morgan fingerprint density at radius 2 is 1.64 bits per heavy atom. The Morgan fingerprint density at radius 1 is 1.08 bits per heavy atom. The van der Waals surface area contributed by atoms with Crippen LogP contribution in [-0.2, 0) is 14.8 Å². The summed E-state index contributed by atoms with van der Waals surface area (Å²) >= 11 is 0. The minimum absolute atomic E-state index is 0.0485. The van der Waals surface area contributed by atoms with Crippen LogP contribution in [0.4, 0.5) is 0 Å². The number of carbonyl (C=O) groups is 1. The highest BCUT2D eigenvalue weighted by Crippen LogP contribution is 2.64. The number of hydrogen-bond donors (Lipinski definition) is 2. The lowest BCUT2D eigenvalue weighted by molar-refractivity contribution is -0.128. The Kier molecular flexibility index (Phi) is 4.26. The molecule has 2 N–H and O–H groups in total. The maximum atomic E-state index is 13.0. The molecule has 2 atom stereocenters. The van der Waals surface area contributed by atoms with Crippen molar-refractivity contribution in [2.75, 3.05) is 5.75 Å². The Hall–Kier alpha value is -0.460. The van der Waals surface area contributed by atoms with Crippen LogP contribution in [0.5, 0.6) is 0 Å². The fourth-order valence-electron chi connectivity index (χ4n) is 6.13. The van der Waals surface area contributed by atoms with Gasteiger partial charge in [-0.1, -0.05) is 13.8 Å². The molecule has 1 saturated heterocycles. The predicted molar refractivity (Wildman–Crippen MR) is 99.8 cm³/mol. The van der Waals surface area contributed by atoms with Crippen LogP contribution in [0.25, 0.3) is 0 Å². The number of rotatable bonds is 4. The number of sulfonamides is 1. The van der Waals surface area contributed by atoms with E-state index in [0.29, 0.717) is 18.8 Å². The summed E-state index contributed by atoms with van der Waals surface area (Å²) in [6, 6.07) is -0.0931. The summed E-state index contributed by atoms with van der Waals surface area (Å²) in [5, 5.41) is 3.58. The first-order valence-electron chi connectivity index (χ1n) is 9.51. The number of hydrogen-bond acceptors (Lipinski definition) is 4. The summed E-state index contributed by atoms with van der Waals surface area (Å²) in [7, 11) is -3.51. The van der Waals surface area contributed by atoms with E-state index < -0.39 is 15.4 Å². The van der Waals surface area contributed by atoms with Crippen LogP contribution in [0.1, 0.15) is 73.6 Å². The van der Waals surface area contributed by atoms with E-state index >= 15 is 0 Å². The van der Waals surface area contributed by atoms with Gasteiger partial charge in [-0.15, -0.1) is 0 Å². The molecule has 144 valence electrons. The molecule has 0 amide bonds. The molecule has 0 aromatic rings. The van der Waals surface area contributed by atoms with E-state index in [4.69, 9.17) is 0 Å². The van der Waals surface area contributed by atoms with Crippen LogP contribution in [-0.4, -0.2) is 37.1 Å². The molecule has 1 aliphatic heterocycles. The van der Waals surface area contributed by atoms with E-state index in [9.17, 15) is 13.2 Å². The molecular formula is C19H34N2O3S. The van der Waals surface area contributed by atoms with Crippen LogP contribution in [0.15, 0.2) is 0 Å². The molecule has 3 fully saturated rings. The highest BCUT2D eigenvalue weighted by Gasteiger charge is 2.65. The lowest BCUT2D eigenvalue weighted by Crippen LogP contribution is -2.62. The number of piperidine rings is 1. The minimum atomic E-state index is -3.51. The maximum absolute atomic E-state index is 13.0. The first kappa shape index (κ1) is 19.3. The molecule has 3 rings (SSSR count). The molecule has 0 spiro atoms. The molecule has 2 saturated carbocycles. The van der Waals surface area contributed by atoms with E-state index in [0.717, 1.165) is 19.3 Å². The molecule has 25 heavy (non-hydrogen) atoms. The number of Topliss-reactive ketones (excluding diaryl/α,β-unsaturated/α-hetero) is 1. The SMILES string of the molecule is CC1(C)CC(NS(=O)(=O)C[C@@]23CC[C@H](CC2=O)C3(C)C)CC(C)(C)N1. The molecule has 6 heteroatoms. The van der Waals surface area contributed by atoms with Gasteiger partial charge in [0.15, 0.2) is 0 Å². The molecule has 2 bridgehead atoms. The average Bonchev–Trinajstić information content (AvgIpc) is 2.67. The Balaban J connectivity index is 1.78. The summed E-state index contributed by atoms with van der Waals surface area (Å²) in [4.78, 5) is 12.6. The highest BCUT2D eigenvalue weighted by molar-refractivity contribution is 7.89. The van der Waals surface area contributed by atoms with Crippen LogP contribution in [0, 0.1) is 16.7 Å². The van der Waals surface area contributed by atoms with Crippen molar-refractivity contribution >= 4 is 15.8 Å². The van der Waals surface area contributed by atoms with Crippen molar-refractivity contribution in [2.24, 2.45) is 16.7 Å². The Morgan fingerprint density at radius 3 is 2.08 bits per heavy atom. The average molecular weight is 371 g/mol. The summed E-state index contributed by atoms with van der Waals surface area (Å²) < 4.78 is 29.0. The topological polar surface area (TPSA) is 75.3 Å². The molecule has 0 radical (unpaired) electrons. The fourth-order valence-corrected chi connectivity index (χ4v) is 8.22. The van der Waals surface area contributed by atoms with Crippen molar-refractivity contribution in [1.29, 1.82) is 0 Å². The summed E-state index contributed by atoms with van der Waals surface area (Å²) in [6.07, 6.45) is 3.75. The van der Waals surface area contributed by atoms with Gasteiger partial charge in [0.25, 0.3) is 0 Å². The van der Waals surface area contributed by atoms with Crippen LogP contribution in [0.2, 0.25) is 0 Å². The molecule has 0 aromatic heterocycles. The Labute approximate surface area is 152 Å². The van der Waals surface area contributed by atoms with Gasteiger partial charge in [-0.2, -0.15) is 0 Å². The fraction of sp³-hybridized carbons (Fsp3) is 0.947. The molecule has 5 nitrogen and oxygen atoms in total. The van der Waals surface area contributed by atoms with Gasteiger partial charge in [0.05, 0.1) is 5.75 Å². The highest BCUT2D eigenvalue weighted by atomic mass is 32.2. The van der Waals surface area contributed by atoms with Crippen molar-refractivity contribution in [3.63, 3.8) is 0 Å². The molecular weight excluding hydrogens is 336 g/mol. The van der Waals surface area contributed by atoms with Gasteiger partial charge in [0.2, 0.25) is 10.0 Å². The van der Waals surface area contributed by atoms with Gasteiger partial charge in [-0.05, 0) is 64.7 Å². The zero-order valence-electron chi connectivity index (χ0n) is 16.5. The molecule has 3 aliphatic rings. The monoisotopic (exact) mass is 370 g/mol. The lowest BCUT2D eigenvalue weighted by atomic mass is 9.70. The first-order chi connectivity index (χ1) is 11.2. The third-order valence-corrected chi connectivity index (χ3v) is 8.68. The number of ketones is 1. The largest absolute Gasteiger partial charge is 0.307 e. The standard InChI is InChI=1S/C19H34N2O3S/c1-16(2)10-14(11-17(3,4)21-16)20-25(23,24)12-19-8-7-13(9-15(19)22)18(19,5)6/h13-14,20-21H,7-12H2,1-6H3/t13-,19+/m1/s1. The smallest absolute Gasteiger partial charge is 0.212 e. The molecule has 0 aromatic carbocycles. The van der Waals surface area contributed by atoms with Crippen LogP contribution < -0.4 is 10.0 Å². The third kappa shape index (κ3) is 3.30. The van der Waals surface area contributed by atoms with E-state index in [1.54, 1.807) is 0 Å². The van der Waals surface area contributed by atoms with Gasteiger partial charge in [-0.25, -0.2) is 13.1 Å². The van der Waals surface area contributed by atoms with E-state index in [-0.39, 0.29) is 34.1 Å². The Bertz CT molecular complexity index is 665. The summed E-state index contributed by atoms with van der Waals surface area (Å²) in [5.74, 6) is 0.449. The normalized spacial score (nSPS) is 36.7. The molecule has 2 aliphatic carbocycles. The number of nitrogens with one attached hydrogen (secondary N) is 2. The van der Waals surface area contributed by atoms with Crippen molar-refractivity contribution in [3.8, 4) is 0 Å². The summed E-state index contributed by atoms with van der Waals surface area (Å²) in [6.45, 7) is 12.6. The quantitative estimate of drug-likeness (QED) is 0.798. The zero-order valence-corrected chi connectivity index (χ0v) is 17.3. The van der Waals surface area contributed by atoms with Gasteiger partial charge in [-0.3, -0.25) is 4.79 Å². The van der Waals surface area contributed by atoms with Crippen molar-refractivity contribution < 1.29 is 13.2 Å². The minimum Gasteiger partial charge on any atom is -0.307 e. The van der Waals surface area contributed by atoms with E-state index in [1.807, 2.05) is 0 Å². The first-order valence-corrected chi connectivity index (χ1v) is 11.2. The van der Waals surface area contributed by atoms with Crippen molar-refractivity contribution in [2.45, 2.75) is 90.8 Å². The zero-order chi connectivity index (χ0) is 18.9. The number of carbonyl (C=O) groups excluding carboxylic acids is 1. The van der Waals surface area contributed by atoms with Crippen molar-refractivity contribution in [3.05, 3.63) is 0 Å². The second-order valence-corrected chi connectivity index (χ2v) is 12.3. The van der Waals surface area contributed by atoms with Crippen LogP contribution >= 0.6 is 0 Å². The number of fused-ring (bicyclic) bond motifs is 2. The molecule has 1 heterocycles. The molecule has 0 unspecified atom stereocenters. The second-order valence-electron chi connectivity index (χ2n) is 10.5. The maximum Gasteiger partial charge on any atom is 0.212 e. The van der Waals surface area contributed by atoms with E-state index in [2.05, 4.69) is 51.6 Å². The van der Waals surface area contributed by atoms with Gasteiger partial charge < -0.3 is 5.32 Å². The lowest BCUT2D eigenvalue weighted by Gasteiger charge is -2.46. The van der Waals surface area contributed by atoms with Crippen LogP contribution in [0.3, 0.4) is 0 Å². The van der Waals surface area contributed by atoms with Gasteiger partial charge >= 0.3 is 0 Å². The van der Waals surface area contributed by atoms with Gasteiger partial charge in [0.1, 0.15) is 5.78 Å². The van der Waals surface area contributed by atoms with E-state index in [1.165, 1.54) is 0 Å². The second kappa shape index (κ2) is 5.52. The summed E-state index contributed by atoms with van der Waals surface area (Å²) in [5.41, 5.74) is -1.14. The van der Waals surface area contributed by atoms with Crippen molar-refractivity contribution in [1.82, 2.24) is 10.0 Å². The predicted octanol–water partition coefficient (Wildman–Crippen LogP) is 2.61.